The second kappa shape index (κ2) is 9.16. The van der Waals surface area contributed by atoms with Crippen molar-refractivity contribution >= 4 is 23.1 Å². The van der Waals surface area contributed by atoms with Crippen LogP contribution in [0.5, 0.6) is 11.5 Å². The molecule has 3 aromatic rings. The van der Waals surface area contributed by atoms with E-state index in [9.17, 15) is 9.59 Å². The number of carbonyl (C=O) groups is 2. The SMILES string of the molecule is COc1ccc(OC)c(NC2=C(c3ccc(C)cc3C)C(=O)N(Cc3ccccn3)C2=O)c1. The van der Waals surface area contributed by atoms with Gasteiger partial charge in [-0.2, -0.15) is 0 Å². The average Bonchev–Trinajstić information content (AvgIpc) is 3.04. The summed E-state index contributed by atoms with van der Waals surface area (Å²) in [7, 11) is 3.10. The van der Waals surface area contributed by atoms with E-state index in [1.807, 2.05) is 38.1 Å². The van der Waals surface area contributed by atoms with Gasteiger partial charge in [-0.1, -0.05) is 29.8 Å². The highest BCUT2D eigenvalue weighted by atomic mass is 16.5. The third-order valence-corrected chi connectivity index (χ3v) is 5.53. The molecule has 0 bridgehead atoms. The fourth-order valence-electron chi connectivity index (χ4n) is 3.88. The molecule has 0 radical (unpaired) electrons. The number of benzene rings is 2. The Kier molecular flexibility index (Phi) is 6.13. The number of rotatable bonds is 7. The summed E-state index contributed by atoms with van der Waals surface area (Å²) in [6, 6.07) is 16.4. The van der Waals surface area contributed by atoms with Gasteiger partial charge in [0.25, 0.3) is 11.8 Å². The van der Waals surface area contributed by atoms with Crippen molar-refractivity contribution in [2.45, 2.75) is 20.4 Å². The van der Waals surface area contributed by atoms with E-state index in [1.54, 1.807) is 50.7 Å². The quantitative estimate of drug-likeness (QED) is 0.554. The Morgan fingerprint density at radius 1 is 0.939 bits per heavy atom. The minimum atomic E-state index is -0.425. The van der Waals surface area contributed by atoms with Gasteiger partial charge in [0.15, 0.2) is 0 Å². The molecule has 0 unspecified atom stereocenters. The molecule has 0 spiro atoms. The van der Waals surface area contributed by atoms with Crippen LogP contribution in [-0.4, -0.2) is 35.9 Å². The lowest BCUT2D eigenvalue weighted by Crippen LogP contribution is -2.32. The molecular weight excluding hydrogens is 418 g/mol. The first-order chi connectivity index (χ1) is 15.9. The summed E-state index contributed by atoms with van der Waals surface area (Å²) in [6.07, 6.45) is 1.64. The standard InChI is InChI=1S/C26H25N3O4/c1-16-8-10-20(17(2)13-16)23-24(28-21-14-19(32-3)9-11-22(21)33-4)26(31)29(25(23)30)15-18-7-5-6-12-27-18/h5-14,28H,15H2,1-4H3. The zero-order valence-electron chi connectivity index (χ0n) is 19.0. The van der Waals surface area contributed by atoms with Crippen LogP contribution < -0.4 is 14.8 Å². The number of carbonyl (C=O) groups excluding carboxylic acids is 2. The molecule has 2 heterocycles. The molecule has 0 aliphatic carbocycles. The van der Waals surface area contributed by atoms with Crippen molar-refractivity contribution in [1.82, 2.24) is 9.88 Å². The van der Waals surface area contributed by atoms with Crippen LogP contribution in [0.2, 0.25) is 0 Å². The normalized spacial score (nSPS) is 13.5. The number of nitrogens with one attached hydrogen (secondary N) is 1. The van der Waals surface area contributed by atoms with Crippen LogP contribution in [0.1, 0.15) is 22.4 Å². The maximum atomic E-state index is 13.6. The maximum Gasteiger partial charge on any atom is 0.278 e. The van der Waals surface area contributed by atoms with Gasteiger partial charge in [-0.15, -0.1) is 0 Å². The Morgan fingerprint density at radius 2 is 1.76 bits per heavy atom. The highest BCUT2D eigenvalue weighted by Gasteiger charge is 2.40. The van der Waals surface area contributed by atoms with Crippen LogP contribution in [0.25, 0.3) is 5.57 Å². The Hall–Kier alpha value is -4.13. The third-order valence-electron chi connectivity index (χ3n) is 5.53. The van der Waals surface area contributed by atoms with Crippen molar-refractivity contribution < 1.29 is 19.1 Å². The van der Waals surface area contributed by atoms with E-state index >= 15 is 0 Å². The zero-order valence-corrected chi connectivity index (χ0v) is 19.0. The van der Waals surface area contributed by atoms with Gasteiger partial charge in [0.2, 0.25) is 0 Å². The van der Waals surface area contributed by atoms with Crippen LogP contribution in [0, 0.1) is 13.8 Å². The Morgan fingerprint density at radius 3 is 2.42 bits per heavy atom. The van der Waals surface area contributed by atoms with Gasteiger partial charge >= 0.3 is 0 Å². The molecule has 7 nitrogen and oxygen atoms in total. The zero-order chi connectivity index (χ0) is 23.5. The molecule has 2 aromatic carbocycles. The molecule has 1 aromatic heterocycles. The first-order valence-electron chi connectivity index (χ1n) is 10.5. The van der Waals surface area contributed by atoms with Crippen LogP contribution in [0.4, 0.5) is 5.69 Å². The summed E-state index contributed by atoms with van der Waals surface area (Å²) in [6.45, 7) is 3.99. The van der Waals surface area contributed by atoms with Crippen LogP contribution in [-0.2, 0) is 16.1 Å². The average molecular weight is 444 g/mol. The van der Waals surface area contributed by atoms with Crippen LogP contribution in [0.3, 0.4) is 0 Å². The molecule has 0 fully saturated rings. The van der Waals surface area contributed by atoms with E-state index in [1.165, 1.54) is 4.90 Å². The highest BCUT2D eigenvalue weighted by molar-refractivity contribution is 6.36. The monoisotopic (exact) mass is 443 g/mol. The second-order valence-corrected chi connectivity index (χ2v) is 7.78. The number of hydrogen-bond donors (Lipinski definition) is 1. The van der Waals surface area contributed by atoms with Gasteiger partial charge in [0.05, 0.1) is 37.7 Å². The molecule has 1 N–H and O–H groups in total. The molecule has 1 aliphatic heterocycles. The molecule has 0 atom stereocenters. The lowest BCUT2D eigenvalue weighted by Gasteiger charge is -2.16. The van der Waals surface area contributed by atoms with Gasteiger partial charge in [0.1, 0.15) is 17.2 Å². The predicted octanol–water partition coefficient (Wildman–Crippen LogP) is 4.11. The number of imide groups is 1. The predicted molar refractivity (Wildman–Crippen MR) is 126 cm³/mol. The van der Waals surface area contributed by atoms with Crippen molar-refractivity contribution in [3.8, 4) is 11.5 Å². The lowest BCUT2D eigenvalue weighted by atomic mass is 9.97. The molecule has 0 saturated heterocycles. The number of anilines is 1. The molecule has 7 heteroatoms. The Balaban J connectivity index is 1.82. The summed E-state index contributed by atoms with van der Waals surface area (Å²) < 4.78 is 10.8. The fourth-order valence-corrected chi connectivity index (χ4v) is 3.88. The van der Waals surface area contributed by atoms with Crippen LogP contribution >= 0.6 is 0 Å². The molecular formula is C26H25N3O4. The van der Waals surface area contributed by atoms with Crippen molar-refractivity contribution in [1.29, 1.82) is 0 Å². The molecule has 1 aliphatic rings. The fraction of sp³-hybridized carbons (Fsp3) is 0.192. The molecule has 168 valence electrons. The minimum absolute atomic E-state index is 0.0767. The summed E-state index contributed by atoms with van der Waals surface area (Å²) in [4.78, 5) is 32.6. The second-order valence-electron chi connectivity index (χ2n) is 7.78. The number of pyridine rings is 1. The van der Waals surface area contributed by atoms with Gasteiger partial charge in [-0.3, -0.25) is 19.5 Å². The molecule has 0 saturated carbocycles. The number of ether oxygens (including phenoxy) is 2. The van der Waals surface area contributed by atoms with E-state index in [2.05, 4.69) is 10.3 Å². The lowest BCUT2D eigenvalue weighted by molar-refractivity contribution is -0.137. The Bertz CT molecular complexity index is 1250. The maximum absolute atomic E-state index is 13.6. The van der Waals surface area contributed by atoms with Crippen LogP contribution in [0.15, 0.2) is 66.5 Å². The third kappa shape index (κ3) is 4.30. The number of aryl methyl sites for hydroxylation is 2. The Labute approximate surface area is 192 Å². The summed E-state index contributed by atoms with van der Waals surface area (Å²) in [5, 5.41) is 3.16. The van der Waals surface area contributed by atoms with Crippen molar-refractivity contribution in [2.24, 2.45) is 0 Å². The molecule has 4 rings (SSSR count). The summed E-state index contributed by atoms with van der Waals surface area (Å²) >= 11 is 0. The molecule has 33 heavy (non-hydrogen) atoms. The van der Waals surface area contributed by atoms with E-state index < -0.39 is 5.91 Å². The topological polar surface area (TPSA) is 80.8 Å². The van der Waals surface area contributed by atoms with E-state index in [4.69, 9.17) is 9.47 Å². The number of aromatic nitrogens is 1. The smallest absolute Gasteiger partial charge is 0.278 e. The summed E-state index contributed by atoms with van der Waals surface area (Å²) in [5.74, 6) is 0.313. The number of hydrogen-bond acceptors (Lipinski definition) is 6. The number of nitrogens with zero attached hydrogens (tertiary/aromatic N) is 2. The van der Waals surface area contributed by atoms with Crippen molar-refractivity contribution in [2.75, 3.05) is 19.5 Å². The largest absolute Gasteiger partial charge is 0.497 e. The van der Waals surface area contributed by atoms with Gasteiger partial charge in [-0.05, 0) is 49.2 Å². The number of amides is 2. The van der Waals surface area contributed by atoms with Gasteiger partial charge in [0, 0.05) is 12.3 Å². The van der Waals surface area contributed by atoms with Gasteiger partial charge < -0.3 is 14.8 Å². The highest BCUT2D eigenvalue weighted by Crippen LogP contribution is 2.36. The van der Waals surface area contributed by atoms with E-state index in [0.29, 0.717) is 34.0 Å². The van der Waals surface area contributed by atoms with Crippen molar-refractivity contribution in [3.05, 3.63) is 88.9 Å². The van der Waals surface area contributed by atoms with E-state index in [-0.39, 0.29) is 18.1 Å². The molecule has 2 amide bonds. The first kappa shape index (κ1) is 22.1. The van der Waals surface area contributed by atoms with Gasteiger partial charge in [-0.25, -0.2) is 0 Å². The minimum Gasteiger partial charge on any atom is -0.497 e. The van der Waals surface area contributed by atoms with E-state index in [0.717, 1.165) is 11.1 Å². The first-order valence-corrected chi connectivity index (χ1v) is 10.5. The summed E-state index contributed by atoms with van der Waals surface area (Å²) in [5.41, 5.74) is 4.33. The number of methoxy groups -OCH3 is 2. The van der Waals surface area contributed by atoms with Crippen molar-refractivity contribution in [3.63, 3.8) is 0 Å².